The molecule has 2 fully saturated rings. The van der Waals surface area contributed by atoms with Gasteiger partial charge in [-0.25, -0.2) is 0 Å². The summed E-state index contributed by atoms with van der Waals surface area (Å²) >= 11 is 0. The summed E-state index contributed by atoms with van der Waals surface area (Å²) in [5.74, 6) is 0. The summed E-state index contributed by atoms with van der Waals surface area (Å²) in [6.07, 6.45) is 1.20. The molecule has 1 spiro atoms. The average Bonchev–Trinajstić information content (AvgIpc) is 2.31. The molecule has 2 aliphatic rings. The lowest BCUT2D eigenvalue weighted by atomic mass is 9.73. The molecule has 0 radical (unpaired) electrons. The molecule has 3 rings (SSSR count). The van der Waals surface area contributed by atoms with E-state index in [0.29, 0.717) is 5.41 Å². The molecule has 1 aromatic carbocycles. The Balaban J connectivity index is 0.000000328. The van der Waals surface area contributed by atoms with Gasteiger partial charge in [0.25, 0.3) is 0 Å². The summed E-state index contributed by atoms with van der Waals surface area (Å²) in [6.45, 7) is 6.51. The summed E-state index contributed by atoms with van der Waals surface area (Å²) in [5, 5.41) is 8.81. The van der Waals surface area contributed by atoms with Gasteiger partial charge in [0, 0.05) is 43.1 Å². The molecule has 110 valence electrons. The highest BCUT2D eigenvalue weighted by Gasteiger charge is 2.49. The fourth-order valence-electron chi connectivity index (χ4n) is 3.29. The number of benzene rings is 1. The number of hydrogen-bond donors (Lipinski definition) is 0. The predicted octanol–water partition coefficient (Wildman–Crippen LogP) is 1.37. The van der Waals surface area contributed by atoms with E-state index in [9.17, 15) is 0 Å². The molecule has 5 heteroatoms. The number of nitrogens with zero attached hydrogens (tertiary/aromatic N) is 3. The first kappa shape index (κ1) is 14.9. The topological polar surface area (TPSA) is 49.6 Å². The van der Waals surface area contributed by atoms with Crippen LogP contribution >= 0.6 is 0 Å². The molecular formula is C15H23N3O2. The summed E-state index contributed by atoms with van der Waals surface area (Å²) in [5.41, 5.74) is 2.15. The SMILES string of the molecule is CN1CC2(C1)CN(CCc1ccccc1)C2.C[N+](=O)[O-]. The van der Waals surface area contributed by atoms with Crippen molar-refractivity contribution in [3.05, 3.63) is 46.0 Å². The lowest BCUT2D eigenvalue weighted by molar-refractivity contribution is -0.445. The van der Waals surface area contributed by atoms with Gasteiger partial charge in [0.05, 0.1) is 0 Å². The second kappa shape index (κ2) is 6.33. The zero-order chi connectivity index (χ0) is 14.6. The predicted molar refractivity (Wildman–Crippen MR) is 79.4 cm³/mol. The lowest BCUT2D eigenvalue weighted by Gasteiger charge is -2.59. The highest BCUT2D eigenvalue weighted by molar-refractivity contribution is 5.15. The van der Waals surface area contributed by atoms with Crippen LogP contribution in [0.15, 0.2) is 30.3 Å². The molecule has 0 amide bonds. The van der Waals surface area contributed by atoms with Gasteiger partial charge >= 0.3 is 0 Å². The Labute approximate surface area is 120 Å². The number of hydrogen-bond acceptors (Lipinski definition) is 4. The molecule has 2 heterocycles. The Kier molecular flexibility index (Phi) is 4.73. The molecule has 5 nitrogen and oxygen atoms in total. The van der Waals surface area contributed by atoms with E-state index in [1.807, 2.05) is 0 Å². The van der Waals surface area contributed by atoms with Crippen LogP contribution in [0.2, 0.25) is 0 Å². The van der Waals surface area contributed by atoms with E-state index in [0.717, 1.165) is 7.05 Å². The smallest absolute Gasteiger partial charge is 0.194 e. The van der Waals surface area contributed by atoms with Crippen molar-refractivity contribution in [1.82, 2.24) is 9.80 Å². The van der Waals surface area contributed by atoms with Gasteiger partial charge in [-0.15, -0.1) is 0 Å². The summed E-state index contributed by atoms with van der Waals surface area (Å²) in [6, 6.07) is 10.8. The Morgan fingerprint density at radius 3 is 2.25 bits per heavy atom. The van der Waals surface area contributed by atoms with Crippen LogP contribution in [-0.4, -0.2) is 61.5 Å². The molecule has 0 aliphatic carbocycles. The Bertz CT molecular complexity index is 432. The molecule has 0 aromatic heterocycles. The molecule has 2 aliphatic heterocycles. The summed E-state index contributed by atoms with van der Waals surface area (Å²) < 4.78 is 0. The van der Waals surface area contributed by atoms with Gasteiger partial charge in [0.15, 0.2) is 7.05 Å². The summed E-state index contributed by atoms with van der Waals surface area (Å²) in [4.78, 5) is 13.3. The number of rotatable bonds is 3. The van der Waals surface area contributed by atoms with Crippen LogP contribution in [-0.2, 0) is 6.42 Å². The van der Waals surface area contributed by atoms with Crippen LogP contribution in [0.25, 0.3) is 0 Å². The minimum absolute atomic E-state index is 0.500. The number of nitro groups is 1. The molecule has 0 bridgehead atoms. The van der Waals surface area contributed by atoms with E-state index in [2.05, 4.69) is 47.2 Å². The van der Waals surface area contributed by atoms with Gasteiger partial charge in [0.2, 0.25) is 0 Å². The van der Waals surface area contributed by atoms with Crippen molar-refractivity contribution < 1.29 is 4.92 Å². The van der Waals surface area contributed by atoms with Crippen LogP contribution in [0.5, 0.6) is 0 Å². The van der Waals surface area contributed by atoms with E-state index < -0.39 is 4.92 Å². The quantitative estimate of drug-likeness (QED) is 0.618. The molecule has 20 heavy (non-hydrogen) atoms. The Hall–Kier alpha value is -1.46. The Morgan fingerprint density at radius 1 is 1.20 bits per heavy atom. The van der Waals surface area contributed by atoms with Gasteiger partial charge in [0.1, 0.15) is 0 Å². The van der Waals surface area contributed by atoms with Crippen molar-refractivity contribution in [3.8, 4) is 0 Å². The number of likely N-dealkylation sites (tertiary alicyclic amines) is 2. The van der Waals surface area contributed by atoms with E-state index in [1.165, 1.54) is 44.7 Å². The molecule has 0 N–H and O–H groups in total. The molecular weight excluding hydrogens is 254 g/mol. The minimum Gasteiger partial charge on any atom is -0.305 e. The lowest BCUT2D eigenvalue weighted by Crippen LogP contribution is -2.71. The van der Waals surface area contributed by atoms with Gasteiger partial charge in [-0.1, -0.05) is 30.3 Å². The van der Waals surface area contributed by atoms with Crippen molar-refractivity contribution >= 4 is 0 Å². The highest BCUT2D eigenvalue weighted by atomic mass is 16.6. The highest BCUT2D eigenvalue weighted by Crippen LogP contribution is 2.38. The standard InChI is InChI=1S/C14H20N2.CH3NO2/c1-15-9-14(10-15)11-16(12-14)8-7-13-5-3-2-4-6-13;1-2(3)4/h2-6H,7-12H2,1H3;1H3. The minimum atomic E-state index is -0.500. The van der Waals surface area contributed by atoms with Gasteiger partial charge < -0.3 is 9.80 Å². The zero-order valence-electron chi connectivity index (χ0n) is 12.3. The van der Waals surface area contributed by atoms with Crippen LogP contribution in [0.1, 0.15) is 5.56 Å². The van der Waals surface area contributed by atoms with Crippen molar-refractivity contribution in [2.45, 2.75) is 6.42 Å². The average molecular weight is 277 g/mol. The summed E-state index contributed by atoms with van der Waals surface area (Å²) in [7, 11) is 3.11. The van der Waals surface area contributed by atoms with Crippen LogP contribution in [0.3, 0.4) is 0 Å². The fourth-order valence-corrected chi connectivity index (χ4v) is 3.29. The van der Waals surface area contributed by atoms with E-state index in [1.54, 1.807) is 0 Å². The normalized spacial score (nSPS) is 20.5. The fraction of sp³-hybridized carbons (Fsp3) is 0.600. The molecule has 0 saturated carbocycles. The maximum Gasteiger partial charge on any atom is 0.194 e. The zero-order valence-corrected chi connectivity index (χ0v) is 12.3. The van der Waals surface area contributed by atoms with Crippen molar-refractivity contribution in [2.24, 2.45) is 5.41 Å². The van der Waals surface area contributed by atoms with E-state index in [-0.39, 0.29) is 0 Å². The first-order chi connectivity index (χ1) is 9.49. The largest absolute Gasteiger partial charge is 0.305 e. The molecule has 0 atom stereocenters. The van der Waals surface area contributed by atoms with Crippen LogP contribution in [0.4, 0.5) is 0 Å². The monoisotopic (exact) mass is 277 g/mol. The first-order valence-electron chi connectivity index (χ1n) is 7.02. The van der Waals surface area contributed by atoms with Crippen LogP contribution < -0.4 is 0 Å². The molecule has 2 saturated heterocycles. The molecule has 0 unspecified atom stereocenters. The third kappa shape index (κ3) is 4.02. The third-order valence-corrected chi connectivity index (χ3v) is 3.89. The van der Waals surface area contributed by atoms with E-state index in [4.69, 9.17) is 10.1 Å². The molecule has 1 aromatic rings. The first-order valence-corrected chi connectivity index (χ1v) is 7.02. The second-order valence-corrected chi connectivity index (χ2v) is 6.06. The van der Waals surface area contributed by atoms with Crippen molar-refractivity contribution in [2.75, 3.05) is 46.8 Å². The van der Waals surface area contributed by atoms with E-state index >= 15 is 0 Å². The van der Waals surface area contributed by atoms with Gasteiger partial charge in [-0.3, -0.25) is 10.1 Å². The van der Waals surface area contributed by atoms with Crippen molar-refractivity contribution in [1.29, 1.82) is 0 Å². The van der Waals surface area contributed by atoms with Gasteiger partial charge in [-0.2, -0.15) is 0 Å². The van der Waals surface area contributed by atoms with Crippen molar-refractivity contribution in [3.63, 3.8) is 0 Å². The van der Waals surface area contributed by atoms with Gasteiger partial charge in [-0.05, 0) is 19.0 Å². The maximum absolute atomic E-state index is 8.81. The van der Waals surface area contributed by atoms with Crippen LogP contribution in [0, 0.1) is 15.5 Å². The maximum atomic E-state index is 8.81. The third-order valence-electron chi connectivity index (χ3n) is 3.89. The second-order valence-electron chi connectivity index (χ2n) is 6.06. The Morgan fingerprint density at radius 2 is 1.75 bits per heavy atom.